The second-order valence-corrected chi connectivity index (χ2v) is 15.3. The molecule has 0 bridgehead atoms. The van der Waals surface area contributed by atoms with Crippen LogP contribution in [0.3, 0.4) is 0 Å². The van der Waals surface area contributed by atoms with Crippen molar-refractivity contribution in [3.8, 4) is 78.3 Å². The van der Waals surface area contributed by atoms with Crippen molar-refractivity contribution in [1.29, 1.82) is 0 Å². The van der Waals surface area contributed by atoms with Crippen LogP contribution in [0.2, 0.25) is 0 Å². The summed E-state index contributed by atoms with van der Waals surface area (Å²) in [6.45, 7) is 0. The molecule has 0 unspecified atom stereocenters. The number of nitrogens with zero attached hydrogens (tertiary/aromatic N) is 1. The van der Waals surface area contributed by atoms with Gasteiger partial charge in [0.05, 0.1) is 5.69 Å². The first kappa shape index (κ1) is 35.2. The molecule has 0 saturated carbocycles. The third kappa shape index (κ3) is 6.41. The van der Waals surface area contributed by atoms with E-state index in [4.69, 9.17) is 4.74 Å². The zero-order chi connectivity index (χ0) is 39.8. The molecule has 0 atom stereocenters. The van der Waals surface area contributed by atoms with Gasteiger partial charge in [-0.25, -0.2) is 0 Å². The Hall–Kier alpha value is -7.94. The molecule has 0 radical (unpaired) electrons. The number of rotatable bonds is 7. The van der Waals surface area contributed by atoms with Gasteiger partial charge in [-0.05, 0) is 121 Å². The Morgan fingerprint density at radius 2 is 0.783 bits per heavy atom. The zero-order valence-electron chi connectivity index (χ0n) is 32.9. The van der Waals surface area contributed by atoms with E-state index < -0.39 is 0 Å². The average Bonchev–Trinajstić information content (AvgIpc) is 3.47. The molecular weight excluding hydrogens is 727 g/mol. The van der Waals surface area contributed by atoms with E-state index in [-0.39, 0.29) is 0 Å². The molecule has 0 aliphatic carbocycles. The second-order valence-electron chi connectivity index (χ2n) is 15.3. The van der Waals surface area contributed by atoms with Crippen molar-refractivity contribution in [3.05, 3.63) is 237 Å². The first-order valence-corrected chi connectivity index (χ1v) is 20.5. The number of anilines is 3. The van der Waals surface area contributed by atoms with Gasteiger partial charge in [0.2, 0.25) is 0 Å². The van der Waals surface area contributed by atoms with Gasteiger partial charge >= 0.3 is 0 Å². The van der Waals surface area contributed by atoms with Crippen LogP contribution in [0.25, 0.3) is 77.5 Å². The van der Waals surface area contributed by atoms with Gasteiger partial charge in [0.1, 0.15) is 11.5 Å². The van der Waals surface area contributed by atoms with Gasteiger partial charge in [0.15, 0.2) is 0 Å². The topological polar surface area (TPSA) is 12.5 Å². The molecule has 0 saturated heterocycles. The fraction of sp³-hybridized carbons (Fsp3) is 0. The first-order valence-electron chi connectivity index (χ1n) is 20.5. The Labute approximate surface area is 350 Å². The molecule has 0 N–H and O–H groups in total. The third-order valence-electron chi connectivity index (χ3n) is 11.7. The molecule has 60 heavy (non-hydrogen) atoms. The summed E-state index contributed by atoms with van der Waals surface area (Å²) in [7, 11) is 0. The summed E-state index contributed by atoms with van der Waals surface area (Å²) in [6, 6.07) is 84.8. The molecular formula is C58H39NO. The predicted molar refractivity (Wildman–Crippen MR) is 251 cm³/mol. The number of hydrogen-bond acceptors (Lipinski definition) is 2. The van der Waals surface area contributed by atoms with E-state index in [0.717, 1.165) is 73.1 Å². The molecule has 10 aromatic carbocycles. The van der Waals surface area contributed by atoms with Crippen LogP contribution in [-0.2, 0) is 0 Å². The Morgan fingerprint density at radius 1 is 0.267 bits per heavy atom. The van der Waals surface area contributed by atoms with Crippen molar-refractivity contribution in [3.63, 3.8) is 0 Å². The first-order chi connectivity index (χ1) is 29.7. The number of ether oxygens (including phenoxy) is 1. The minimum atomic E-state index is 0.809. The van der Waals surface area contributed by atoms with Crippen molar-refractivity contribution in [1.82, 2.24) is 0 Å². The van der Waals surface area contributed by atoms with Gasteiger partial charge < -0.3 is 9.64 Å². The number of fused-ring (bicyclic) bond motifs is 6. The van der Waals surface area contributed by atoms with Gasteiger partial charge in [-0.1, -0.05) is 182 Å². The summed E-state index contributed by atoms with van der Waals surface area (Å²) < 4.78 is 7.15. The highest BCUT2D eigenvalue weighted by atomic mass is 16.5. The zero-order valence-corrected chi connectivity index (χ0v) is 32.9. The van der Waals surface area contributed by atoms with Crippen molar-refractivity contribution in [2.75, 3.05) is 4.90 Å². The van der Waals surface area contributed by atoms with Crippen molar-refractivity contribution < 1.29 is 4.74 Å². The van der Waals surface area contributed by atoms with Crippen LogP contribution in [0.4, 0.5) is 17.1 Å². The minimum Gasteiger partial charge on any atom is -0.456 e. The van der Waals surface area contributed by atoms with Crippen molar-refractivity contribution in [2.45, 2.75) is 0 Å². The SMILES string of the molecule is c1ccc(-c2ccc(N(c3ccc4ccccc4c3)c3cccc4c3-c3ccc(-c5cccc(-c6ccccc6)c5)cc3-c3c(cccc3-c3ccccc3)O4)cc2)cc1. The molecule has 2 nitrogen and oxygen atoms in total. The summed E-state index contributed by atoms with van der Waals surface area (Å²) >= 11 is 0. The molecule has 0 fully saturated rings. The second kappa shape index (κ2) is 15.1. The van der Waals surface area contributed by atoms with Crippen LogP contribution < -0.4 is 9.64 Å². The highest BCUT2D eigenvalue weighted by molar-refractivity contribution is 6.04. The number of benzene rings is 10. The van der Waals surface area contributed by atoms with Crippen molar-refractivity contribution >= 4 is 27.8 Å². The standard InChI is InChI=1S/C58H39NO/c1-4-15-40(16-5-1)43-29-33-49(34-30-43)59(50-35-31-42-19-10-11-22-47(42)38-50)54-26-14-28-56-58(54)52-36-32-48(46-24-12-23-45(37-46)41-17-6-2-7-18-41)39-53(52)57-51(25-13-27-55(57)60-56)44-20-8-3-9-21-44/h1-39H. The van der Waals surface area contributed by atoms with Gasteiger partial charge in [0.25, 0.3) is 0 Å². The largest absolute Gasteiger partial charge is 0.456 e. The lowest BCUT2D eigenvalue weighted by atomic mass is 9.86. The van der Waals surface area contributed by atoms with E-state index in [2.05, 4.69) is 241 Å². The molecule has 282 valence electrons. The van der Waals surface area contributed by atoms with E-state index in [1.165, 1.54) is 33.0 Å². The Morgan fingerprint density at radius 3 is 1.52 bits per heavy atom. The number of hydrogen-bond donors (Lipinski definition) is 0. The van der Waals surface area contributed by atoms with E-state index in [1.807, 2.05) is 0 Å². The Balaban J connectivity index is 1.15. The van der Waals surface area contributed by atoms with E-state index in [0.29, 0.717) is 0 Å². The monoisotopic (exact) mass is 765 g/mol. The minimum absolute atomic E-state index is 0.809. The molecule has 11 rings (SSSR count). The van der Waals surface area contributed by atoms with Crippen LogP contribution in [0.15, 0.2) is 237 Å². The lowest BCUT2D eigenvalue weighted by molar-refractivity contribution is 0.488. The quantitative estimate of drug-likeness (QED) is 0.160. The van der Waals surface area contributed by atoms with Crippen LogP contribution in [0.5, 0.6) is 11.5 Å². The maximum Gasteiger partial charge on any atom is 0.137 e. The van der Waals surface area contributed by atoms with Crippen LogP contribution >= 0.6 is 0 Å². The molecule has 1 heterocycles. The molecule has 0 amide bonds. The van der Waals surface area contributed by atoms with Gasteiger partial charge in [-0.3, -0.25) is 0 Å². The third-order valence-corrected chi connectivity index (χ3v) is 11.7. The van der Waals surface area contributed by atoms with Gasteiger partial charge in [-0.2, -0.15) is 0 Å². The predicted octanol–water partition coefficient (Wildman–Crippen LogP) is 16.4. The Bertz CT molecular complexity index is 3150. The van der Waals surface area contributed by atoms with Crippen LogP contribution in [0, 0.1) is 0 Å². The summed E-state index contributed by atoms with van der Waals surface area (Å²) in [5.74, 6) is 1.64. The summed E-state index contributed by atoms with van der Waals surface area (Å²) in [5.41, 5.74) is 16.8. The molecule has 0 spiro atoms. The average molecular weight is 766 g/mol. The van der Waals surface area contributed by atoms with E-state index in [1.54, 1.807) is 0 Å². The molecule has 0 aromatic heterocycles. The Kier molecular flexibility index (Phi) is 8.87. The van der Waals surface area contributed by atoms with Gasteiger partial charge in [-0.15, -0.1) is 0 Å². The molecule has 10 aromatic rings. The summed E-state index contributed by atoms with van der Waals surface area (Å²) in [4.78, 5) is 2.39. The van der Waals surface area contributed by atoms with Crippen molar-refractivity contribution in [2.24, 2.45) is 0 Å². The van der Waals surface area contributed by atoms with Crippen LogP contribution in [-0.4, -0.2) is 0 Å². The molecule has 1 aliphatic heterocycles. The summed E-state index contributed by atoms with van der Waals surface area (Å²) in [6.07, 6.45) is 0. The molecule has 2 heteroatoms. The maximum absolute atomic E-state index is 7.15. The summed E-state index contributed by atoms with van der Waals surface area (Å²) in [5, 5.41) is 2.39. The van der Waals surface area contributed by atoms with E-state index >= 15 is 0 Å². The van der Waals surface area contributed by atoms with Gasteiger partial charge in [0, 0.05) is 22.5 Å². The maximum atomic E-state index is 7.15. The fourth-order valence-corrected chi connectivity index (χ4v) is 8.77. The highest BCUT2D eigenvalue weighted by Crippen LogP contribution is 2.55. The molecule has 1 aliphatic rings. The van der Waals surface area contributed by atoms with Crippen LogP contribution in [0.1, 0.15) is 0 Å². The smallest absolute Gasteiger partial charge is 0.137 e. The fourth-order valence-electron chi connectivity index (χ4n) is 8.77. The van der Waals surface area contributed by atoms with E-state index in [9.17, 15) is 0 Å². The lowest BCUT2D eigenvalue weighted by Gasteiger charge is -2.29. The highest BCUT2D eigenvalue weighted by Gasteiger charge is 2.29. The lowest BCUT2D eigenvalue weighted by Crippen LogP contribution is -2.11. The normalized spacial score (nSPS) is 11.5.